The van der Waals surface area contributed by atoms with Crippen LogP contribution >= 0.6 is 0 Å². The van der Waals surface area contributed by atoms with Crippen molar-refractivity contribution in [2.24, 2.45) is 0 Å². The van der Waals surface area contributed by atoms with E-state index in [9.17, 15) is 9.59 Å². The van der Waals surface area contributed by atoms with E-state index in [0.29, 0.717) is 6.54 Å². The molecule has 0 unspecified atom stereocenters. The Morgan fingerprint density at radius 3 is 2.16 bits per heavy atom. The molecule has 32 heavy (non-hydrogen) atoms. The summed E-state index contributed by atoms with van der Waals surface area (Å²) < 4.78 is 1.83. The lowest BCUT2D eigenvalue weighted by atomic mass is 10.1. The zero-order valence-electron chi connectivity index (χ0n) is 19.4. The number of carbonyl (C=O) groups excluding carboxylic acids is 2. The van der Waals surface area contributed by atoms with Gasteiger partial charge in [-0.1, -0.05) is 36.4 Å². The molecule has 0 fully saturated rings. The SMILES string of the molecule is Cc1cccc(C)c1NC(=O)CN(C)CCC(=O)Nc1c(C)nn(-c2ccccc2)c1C. The van der Waals surface area contributed by atoms with E-state index in [1.807, 2.05) is 92.9 Å². The van der Waals surface area contributed by atoms with Gasteiger partial charge in [0.25, 0.3) is 0 Å². The molecule has 3 rings (SSSR count). The van der Waals surface area contributed by atoms with Crippen molar-refractivity contribution in [2.45, 2.75) is 34.1 Å². The summed E-state index contributed by atoms with van der Waals surface area (Å²) >= 11 is 0. The van der Waals surface area contributed by atoms with Crippen molar-refractivity contribution in [1.29, 1.82) is 0 Å². The molecule has 7 nitrogen and oxygen atoms in total. The lowest BCUT2D eigenvalue weighted by Gasteiger charge is -2.17. The zero-order valence-corrected chi connectivity index (χ0v) is 19.4. The van der Waals surface area contributed by atoms with Crippen molar-refractivity contribution in [3.8, 4) is 5.69 Å². The van der Waals surface area contributed by atoms with Gasteiger partial charge in [0.15, 0.2) is 0 Å². The van der Waals surface area contributed by atoms with Gasteiger partial charge in [-0.2, -0.15) is 5.10 Å². The summed E-state index contributed by atoms with van der Waals surface area (Å²) in [4.78, 5) is 26.8. The van der Waals surface area contributed by atoms with Gasteiger partial charge in [-0.15, -0.1) is 0 Å². The van der Waals surface area contributed by atoms with Crippen LogP contribution in [0.25, 0.3) is 5.69 Å². The normalized spacial score (nSPS) is 10.9. The molecule has 0 spiro atoms. The van der Waals surface area contributed by atoms with E-state index in [-0.39, 0.29) is 24.8 Å². The van der Waals surface area contributed by atoms with E-state index >= 15 is 0 Å². The predicted molar refractivity (Wildman–Crippen MR) is 128 cm³/mol. The number of rotatable bonds is 8. The van der Waals surface area contributed by atoms with Crippen LogP contribution in [0.15, 0.2) is 48.5 Å². The minimum absolute atomic E-state index is 0.0962. The van der Waals surface area contributed by atoms with Crippen molar-refractivity contribution in [3.63, 3.8) is 0 Å². The first-order chi connectivity index (χ1) is 15.3. The van der Waals surface area contributed by atoms with Gasteiger partial charge in [0.2, 0.25) is 11.8 Å². The smallest absolute Gasteiger partial charge is 0.238 e. The number of benzene rings is 2. The van der Waals surface area contributed by atoms with Gasteiger partial charge >= 0.3 is 0 Å². The molecule has 0 saturated heterocycles. The third-order valence-electron chi connectivity index (χ3n) is 5.44. The Balaban J connectivity index is 1.53. The third-order valence-corrected chi connectivity index (χ3v) is 5.44. The van der Waals surface area contributed by atoms with Gasteiger partial charge in [0, 0.05) is 18.7 Å². The van der Waals surface area contributed by atoms with E-state index in [0.717, 1.165) is 39.6 Å². The number of aryl methyl sites for hydroxylation is 3. The zero-order chi connectivity index (χ0) is 23.3. The van der Waals surface area contributed by atoms with Gasteiger partial charge in [0.1, 0.15) is 0 Å². The second-order valence-electron chi connectivity index (χ2n) is 8.14. The molecule has 1 aromatic heterocycles. The van der Waals surface area contributed by atoms with E-state index in [1.54, 1.807) is 0 Å². The van der Waals surface area contributed by atoms with Crippen LogP contribution in [0.3, 0.4) is 0 Å². The number of nitrogens with one attached hydrogen (secondary N) is 2. The number of hydrogen-bond acceptors (Lipinski definition) is 4. The number of para-hydroxylation sites is 2. The number of likely N-dealkylation sites (N-methyl/N-ethyl adjacent to an activating group) is 1. The van der Waals surface area contributed by atoms with Crippen LogP contribution in [-0.4, -0.2) is 46.6 Å². The number of carbonyl (C=O) groups is 2. The number of anilines is 2. The standard InChI is InChI=1S/C25H31N5O2/c1-17-10-9-11-18(2)24(17)27-23(32)16-29(5)15-14-22(31)26-25-19(3)28-30(20(25)4)21-12-7-6-8-13-21/h6-13H,14-16H2,1-5H3,(H,26,31)(H,27,32). The number of hydrogen-bond donors (Lipinski definition) is 2. The highest BCUT2D eigenvalue weighted by Crippen LogP contribution is 2.23. The highest BCUT2D eigenvalue weighted by Gasteiger charge is 2.16. The molecule has 0 bridgehead atoms. The van der Waals surface area contributed by atoms with Gasteiger partial charge < -0.3 is 10.6 Å². The quantitative estimate of drug-likeness (QED) is 0.563. The Bertz CT molecular complexity index is 1080. The second kappa shape index (κ2) is 10.2. The molecular weight excluding hydrogens is 402 g/mol. The minimum Gasteiger partial charge on any atom is -0.324 e. The summed E-state index contributed by atoms with van der Waals surface area (Å²) in [6, 6.07) is 15.7. The predicted octanol–water partition coefficient (Wildman–Crippen LogP) is 4.01. The molecule has 3 aromatic rings. The molecule has 0 atom stereocenters. The Morgan fingerprint density at radius 2 is 1.50 bits per heavy atom. The molecule has 0 radical (unpaired) electrons. The average Bonchev–Trinajstić information content (AvgIpc) is 3.04. The summed E-state index contributed by atoms with van der Waals surface area (Å²) in [7, 11) is 1.83. The van der Waals surface area contributed by atoms with Crippen LogP contribution < -0.4 is 10.6 Å². The van der Waals surface area contributed by atoms with Crippen molar-refractivity contribution in [3.05, 3.63) is 71.0 Å². The first kappa shape index (κ1) is 23.2. The van der Waals surface area contributed by atoms with Crippen molar-refractivity contribution in [2.75, 3.05) is 30.8 Å². The highest BCUT2D eigenvalue weighted by atomic mass is 16.2. The van der Waals surface area contributed by atoms with Crippen molar-refractivity contribution < 1.29 is 9.59 Å². The van der Waals surface area contributed by atoms with Gasteiger partial charge in [-0.05, 0) is 58.0 Å². The minimum atomic E-state index is -0.106. The van der Waals surface area contributed by atoms with Gasteiger partial charge in [0.05, 0.1) is 29.3 Å². The third kappa shape index (κ3) is 5.62. The summed E-state index contributed by atoms with van der Waals surface area (Å²) in [6.07, 6.45) is 0.280. The monoisotopic (exact) mass is 433 g/mol. The molecule has 2 amide bonds. The van der Waals surface area contributed by atoms with Crippen LogP contribution in [-0.2, 0) is 9.59 Å². The lowest BCUT2D eigenvalue weighted by Crippen LogP contribution is -2.32. The molecule has 2 N–H and O–H groups in total. The average molecular weight is 434 g/mol. The van der Waals surface area contributed by atoms with Crippen molar-refractivity contribution >= 4 is 23.2 Å². The first-order valence-electron chi connectivity index (χ1n) is 10.7. The number of aromatic nitrogens is 2. The molecule has 7 heteroatoms. The summed E-state index contributed by atoms with van der Waals surface area (Å²) in [5.41, 5.74) is 6.23. The molecule has 0 aliphatic heterocycles. The Morgan fingerprint density at radius 1 is 0.875 bits per heavy atom. The summed E-state index contributed by atoms with van der Waals surface area (Å²) in [5, 5.41) is 10.5. The van der Waals surface area contributed by atoms with Crippen LogP contribution in [0.4, 0.5) is 11.4 Å². The van der Waals surface area contributed by atoms with Crippen LogP contribution in [0, 0.1) is 27.7 Å². The molecule has 1 heterocycles. The van der Waals surface area contributed by atoms with E-state index < -0.39 is 0 Å². The van der Waals surface area contributed by atoms with Gasteiger partial charge in [-0.25, -0.2) is 4.68 Å². The fourth-order valence-electron chi connectivity index (χ4n) is 3.65. The number of nitrogens with zero attached hydrogens (tertiary/aromatic N) is 3. The summed E-state index contributed by atoms with van der Waals surface area (Å²) in [5.74, 6) is -0.202. The molecule has 0 saturated carbocycles. The topological polar surface area (TPSA) is 79.3 Å². The molecule has 0 aliphatic carbocycles. The van der Waals surface area contributed by atoms with Crippen LogP contribution in [0.5, 0.6) is 0 Å². The van der Waals surface area contributed by atoms with E-state index in [4.69, 9.17) is 0 Å². The maximum Gasteiger partial charge on any atom is 0.238 e. The lowest BCUT2D eigenvalue weighted by molar-refractivity contribution is -0.119. The Labute approximate surface area is 189 Å². The van der Waals surface area contributed by atoms with Gasteiger partial charge in [-0.3, -0.25) is 14.5 Å². The molecule has 2 aromatic carbocycles. The Kier molecular flexibility index (Phi) is 7.43. The molecular formula is C25H31N5O2. The highest BCUT2D eigenvalue weighted by molar-refractivity contribution is 5.94. The van der Waals surface area contributed by atoms with E-state index in [2.05, 4.69) is 15.7 Å². The summed E-state index contributed by atoms with van der Waals surface area (Å²) in [6.45, 7) is 8.45. The van der Waals surface area contributed by atoms with Crippen LogP contribution in [0.1, 0.15) is 28.9 Å². The largest absolute Gasteiger partial charge is 0.324 e. The first-order valence-corrected chi connectivity index (χ1v) is 10.7. The second-order valence-corrected chi connectivity index (χ2v) is 8.14. The number of amides is 2. The molecule has 168 valence electrons. The maximum atomic E-state index is 12.6. The van der Waals surface area contributed by atoms with E-state index in [1.165, 1.54) is 0 Å². The fraction of sp³-hybridized carbons (Fsp3) is 0.320. The Hall–Kier alpha value is -3.45. The fourth-order valence-corrected chi connectivity index (χ4v) is 3.65. The maximum absolute atomic E-state index is 12.6. The molecule has 0 aliphatic rings. The van der Waals surface area contributed by atoms with Crippen LogP contribution in [0.2, 0.25) is 0 Å². The van der Waals surface area contributed by atoms with Crippen molar-refractivity contribution in [1.82, 2.24) is 14.7 Å².